The van der Waals surface area contributed by atoms with E-state index in [0.29, 0.717) is 11.4 Å². The lowest BCUT2D eigenvalue weighted by Crippen LogP contribution is -2.32. The smallest absolute Gasteiger partial charge is 0.266 e. The molecule has 0 atom stereocenters. The van der Waals surface area contributed by atoms with E-state index in [-0.39, 0.29) is 24.6 Å². The summed E-state index contributed by atoms with van der Waals surface area (Å²) in [6.45, 7) is 0.545. The van der Waals surface area contributed by atoms with Crippen LogP contribution in [0.2, 0.25) is 0 Å². The molecule has 0 unspecified atom stereocenters. The Balaban J connectivity index is 1.65. The molecular formula is C15H14N6O2. The summed E-state index contributed by atoms with van der Waals surface area (Å²) in [5.74, 6) is 0.294. The van der Waals surface area contributed by atoms with Gasteiger partial charge in [-0.2, -0.15) is 5.10 Å². The number of nitrogens with one attached hydrogen (secondary N) is 1. The predicted octanol–water partition coefficient (Wildman–Crippen LogP) is 0.254. The van der Waals surface area contributed by atoms with Crippen molar-refractivity contribution in [3.8, 4) is 5.82 Å². The van der Waals surface area contributed by atoms with Crippen molar-refractivity contribution in [1.29, 1.82) is 0 Å². The second-order valence-corrected chi connectivity index (χ2v) is 4.70. The Hall–Kier alpha value is -3.29. The molecular weight excluding hydrogens is 296 g/mol. The fraction of sp³-hybridized carbons (Fsp3) is 0.133. The highest BCUT2D eigenvalue weighted by Crippen LogP contribution is 1.98. The molecule has 3 heterocycles. The summed E-state index contributed by atoms with van der Waals surface area (Å²) in [5, 5.41) is 11.0. The van der Waals surface area contributed by atoms with Gasteiger partial charge in [-0.05, 0) is 24.3 Å². The molecule has 116 valence electrons. The average Bonchev–Trinajstić information content (AvgIpc) is 3.12. The van der Waals surface area contributed by atoms with Crippen molar-refractivity contribution in [2.75, 3.05) is 6.54 Å². The highest BCUT2D eigenvalue weighted by atomic mass is 16.2. The second kappa shape index (κ2) is 6.65. The van der Waals surface area contributed by atoms with Crippen LogP contribution in [0.25, 0.3) is 5.82 Å². The molecule has 1 amide bonds. The number of hydrogen-bond acceptors (Lipinski definition) is 5. The quantitative estimate of drug-likeness (QED) is 0.729. The maximum absolute atomic E-state index is 11.9. The molecule has 3 rings (SSSR count). The Morgan fingerprint density at radius 3 is 2.83 bits per heavy atom. The number of pyridine rings is 1. The topological polar surface area (TPSA) is 94.7 Å². The summed E-state index contributed by atoms with van der Waals surface area (Å²) in [7, 11) is 0. The first-order valence-corrected chi connectivity index (χ1v) is 7.00. The summed E-state index contributed by atoms with van der Waals surface area (Å²) in [4.78, 5) is 27.6. The molecule has 0 bridgehead atoms. The van der Waals surface area contributed by atoms with Crippen molar-refractivity contribution in [1.82, 2.24) is 29.9 Å². The van der Waals surface area contributed by atoms with Crippen LogP contribution >= 0.6 is 0 Å². The monoisotopic (exact) mass is 310 g/mol. The van der Waals surface area contributed by atoms with Gasteiger partial charge in [0.1, 0.15) is 0 Å². The molecule has 23 heavy (non-hydrogen) atoms. The average molecular weight is 310 g/mol. The van der Waals surface area contributed by atoms with E-state index in [4.69, 9.17) is 0 Å². The molecule has 8 nitrogen and oxygen atoms in total. The largest absolute Gasteiger partial charge is 0.350 e. The Morgan fingerprint density at radius 1 is 1.17 bits per heavy atom. The summed E-state index contributed by atoms with van der Waals surface area (Å²) >= 11 is 0. The van der Waals surface area contributed by atoms with Crippen LogP contribution in [0, 0.1) is 0 Å². The van der Waals surface area contributed by atoms with Gasteiger partial charge in [-0.1, -0.05) is 0 Å². The van der Waals surface area contributed by atoms with Gasteiger partial charge in [0.15, 0.2) is 5.82 Å². The summed E-state index contributed by atoms with van der Waals surface area (Å²) in [5.41, 5.74) is 0.231. The third-order valence-corrected chi connectivity index (χ3v) is 3.12. The lowest BCUT2D eigenvalue weighted by molar-refractivity contribution is 0.0951. The molecule has 0 aliphatic carbocycles. The zero-order chi connectivity index (χ0) is 16.1. The number of nitrogens with zero attached hydrogens (tertiary/aromatic N) is 5. The molecule has 0 saturated carbocycles. The van der Waals surface area contributed by atoms with Crippen LogP contribution in [-0.2, 0) is 6.54 Å². The van der Waals surface area contributed by atoms with E-state index in [1.165, 1.54) is 16.9 Å². The number of rotatable bonds is 5. The highest BCUT2D eigenvalue weighted by Gasteiger charge is 2.06. The maximum atomic E-state index is 11.9. The molecule has 0 aliphatic rings. The minimum atomic E-state index is -0.241. The van der Waals surface area contributed by atoms with E-state index < -0.39 is 0 Å². The number of carbonyl (C=O) groups excluding carboxylic acids is 1. The zero-order valence-electron chi connectivity index (χ0n) is 12.2. The van der Waals surface area contributed by atoms with E-state index in [0.717, 1.165) is 0 Å². The van der Waals surface area contributed by atoms with E-state index in [2.05, 4.69) is 20.5 Å². The molecule has 0 radical (unpaired) electrons. The first-order chi connectivity index (χ1) is 11.2. The van der Waals surface area contributed by atoms with Gasteiger partial charge >= 0.3 is 0 Å². The van der Waals surface area contributed by atoms with Gasteiger partial charge < -0.3 is 5.32 Å². The number of hydrogen-bond donors (Lipinski definition) is 1. The molecule has 3 aromatic heterocycles. The van der Waals surface area contributed by atoms with E-state index in [9.17, 15) is 9.59 Å². The fourth-order valence-electron chi connectivity index (χ4n) is 2.00. The van der Waals surface area contributed by atoms with Crippen molar-refractivity contribution < 1.29 is 4.79 Å². The van der Waals surface area contributed by atoms with Crippen molar-refractivity contribution in [3.05, 3.63) is 71.0 Å². The standard InChI is InChI=1S/C15H14N6O2/c22-14-5-4-13(20-9-2-7-18-20)19-21(14)10-8-17-15(23)12-3-1-6-16-11-12/h1-7,9,11H,8,10H2,(H,17,23). The highest BCUT2D eigenvalue weighted by molar-refractivity contribution is 5.93. The van der Waals surface area contributed by atoms with Crippen LogP contribution in [0.4, 0.5) is 0 Å². The minimum Gasteiger partial charge on any atom is -0.350 e. The minimum absolute atomic E-state index is 0.239. The van der Waals surface area contributed by atoms with Crippen LogP contribution in [0.5, 0.6) is 0 Å². The van der Waals surface area contributed by atoms with Crippen molar-refractivity contribution >= 4 is 5.91 Å². The molecule has 0 aromatic carbocycles. The van der Waals surface area contributed by atoms with Crippen LogP contribution in [0.3, 0.4) is 0 Å². The van der Waals surface area contributed by atoms with Gasteiger partial charge in [0.05, 0.1) is 12.1 Å². The molecule has 0 aliphatic heterocycles. The van der Waals surface area contributed by atoms with Crippen LogP contribution < -0.4 is 10.9 Å². The van der Waals surface area contributed by atoms with Crippen molar-refractivity contribution in [3.63, 3.8) is 0 Å². The summed E-state index contributed by atoms with van der Waals surface area (Å²) in [6, 6.07) is 8.15. The first kappa shape index (κ1) is 14.6. The maximum Gasteiger partial charge on any atom is 0.266 e. The van der Waals surface area contributed by atoms with Crippen LogP contribution in [0.1, 0.15) is 10.4 Å². The van der Waals surface area contributed by atoms with Gasteiger partial charge in [-0.3, -0.25) is 14.6 Å². The van der Waals surface area contributed by atoms with E-state index in [1.54, 1.807) is 47.5 Å². The first-order valence-electron chi connectivity index (χ1n) is 7.00. The third kappa shape index (κ3) is 3.49. The van der Waals surface area contributed by atoms with Gasteiger partial charge in [-0.15, -0.1) is 5.10 Å². The summed E-state index contributed by atoms with van der Waals surface area (Å²) in [6.07, 6.45) is 6.45. The third-order valence-electron chi connectivity index (χ3n) is 3.12. The van der Waals surface area contributed by atoms with Crippen molar-refractivity contribution in [2.24, 2.45) is 0 Å². The zero-order valence-corrected chi connectivity index (χ0v) is 12.2. The Kier molecular flexibility index (Phi) is 4.23. The number of aromatic nitrogens is 5. The Labute approximate surface area is 131 Å². The second-order valence-electron chi connectivity index (χ2n) is 4.70. The molecule has 3 aromatic rings. The van der Waals surface area contributed by atoms with Crippen LogP contribution in [-0.4, -0.2) is 37.0 Å². The lowest BCUT2D eigenvalue weighted by Gasteiger charge is -2.08. The van der Waals surface area contributed by atoms with E-state index in [1.807, 2.05) is 0 Å². The lowest BCUT2D eigenvalue weighted by atomic mass is 10.3. The van der Waals surface area contributed by atoms with Gasteiger partial charge in [0.2, 0.25) is 0 Å². The molecule has 0 fully saturated rings. The predicted molar refractivity (Wildman–Crippen MR) is 82.2 cm³/mol. The Morgan fingerprint density at radius 2 is 2.09 bits per heavy atom. The molecule has 0 saturated heterocycles. The summed E-state index contributed by atoms with van der Waals surface area (Å²) < 4.78 is 2.85. The molecule has 1 N–H and O–H groups in total. The molecule has 8 heteroatoms. The number of amides is 1. The fourth-order valence-corrected chi connectivity index (χ4v) is 2.00. The normalized spacial score (nSPS) is 10.4. The van der Waals surface area contributed by atoms with Gasteiger partial charge in [-0.25, -0.2) is 9.36 Å². The SMILES string of the molecule is O=C(NCCn1nc(-n2cccn2)ccc1=O)c1cccnc1. The van der Waals surface area contributed by atoms with Crippen LogP contribution in [0.15, 0.2) is 59.9 Å². The number of carbonyl (C=O) groups is 1. The Bertz CT molecular complexity index is 842. The van der Waals surface area contributed by atoms with Crippen molar-refractivity contribution in [2.45, 2.75) is 6.54 Å². The van der Waals surface area contributed by atoms with Gasteiger partial charge in [0.25, 0.3) is 11.5 Å². The van der Waals surface area contributed by atoms with Gasteiger partial charge in [0, 0.05) is 37.4 Å². The molecule has 0 spiro atoms. The van der Waals surface area contributed by atoms with E-state index >= 15 is 0 Å².